The van der Waals surface area contributed by atoms with Crippen molar-refractivity contribution >= 4 is 0 Å². The molecule has 1 heterocycles. The lowest BCUT2D eigenvalue weighted by Gasteiger charge is -2.52. The van der Waals surface area contributed by atoms with Crippen molar-refractivity contribution in [2.45, 2.75) is 65.0 Å². The van der Waals surface area contributed by atoms with E-state index in [9.17, 15) is 10.2 Å². The Hall–Kier alpha value is -0.120. The minimum atomic E-state index is -0.449. The minimum absolute atomic E-state index is 0.125. The van der Waals surface area contributed by atoms with E-state index in [2.05, 4.69) is 25.7 Å². The third-order valence-corrected chi connectivity index (χ3v) is 3.62. The SMILES string of the molecule is CC1C(O)CC(C)(C)N(C(C)O)C1C. The molecule has 0 spiro atoms. The molecule has 3 heteroatoms. The van der Waals surface area contributed by atoms with Crippen LogP contribution in [0, 0.1) is 5.92 Å². The molecular weight excluding hydrogens is 178 g/mol. The highest BCUT2D eigenvalue weighted by Gasteiger charge is 2.44. The number of aliphatic hydroxyl groups is 2. The fraction of sp³-hybridized carbons (Fsp3) is 1.00. The summed E-state index contributed by atoms with van der Waals surface area (Å²) in [6.45, 7) is 10.1. The summed E-state index contributed by atoms with van der Waals surface area (Å²) in [5, 5.41) is 19.6. The maximum absolute atomic E-state index is 9.87. The van der Waals surface area contributed by atoms with Gasteiger partial charge in [-0.3, -0.25) is 4.90 Å². The van der Waals surface area contributed by atoms with E-state index in [1.165, 1.54) is 0 Å². The molecule has 1 saturated heterocycles. The third kappa shape index (κ3) is 1.95. The molecule has 84 valence electrons. The van der Waals surface area contributed by atoms with E-state index in [1.807, 2.05) is 6.92 Å². The number of nitrogens with zero attached hydrogens (tertiary/aromatic N) is 1. The zero-order chi connectivity index (χ0) is 11.1. The van der Waals surface area contributed by atoms with Gasteiger partial charge in [-0.2, -0.15) is 0 Å². The monoisotopic (exact) mass is 201 g/mol. The lowest BCUT2D eigenvalue weighted by Crippen LogP contribution is -2.62. The van der Waals surface area contributed by atoms with E-state index in [-0.39, 0.29) is 23.6 Å². The van der Waals surface area contributed by atoms with Crippen molar-refractivity contribution in [2.75, 3.05) is 0 Å². The Labute approximate surface area is 86.7 Å². The summed E-state index contributed by atoms with van der Waals surface area (Å²) >= 11 is 0. The lowest BCUT2D eigenvalue weighted by molar-refractivity contribution is -0.142. The second-order valence-electron chi connectivity index (χ2n) is 5.22. The van der Waals surface area contributed by atoms with E-state index >= 15 is 0 Å². The van der Waals surface area contributed by atoms with Gasteiger partial charge in [-0.15, -0.1) is 0 Å². The second-order valence-corrected chi connectivity index (χ2v) is 5.22. The van der Waals surface area contributed by atoms with Gasteiger partial charge in [0.1, 0.15) is 6.23 Å². The van der Waals surface area contributed by atoms with Crippen LogP contribution in [0.1, 0.15) is 41.0 Å². The molecule has 0 aromatic heterocycles. The van der Waals surface area contributed by atoms with Crippen LogP contribution in [0.5, 0.6) is 0 Å². The summed E-state index contributed by atoms with van der Waals surface area (Å²) < 4.78 is 0. The Kier molecular flexibility index (Phi) is 3.24. The van der Waals surface area contributed by atoms with E-state index in [1.54, 1.807) is 6.92 Å². The molecule has 0 radical (unpaired) electrons. The standard InChI is InChI=1S/C11H23NO2/c1-7-8(2)12(9(3)13)11(4,5)6-10(7)14/h7-10,13-14H,6H2,1-5H3. The fourth-order valence-corrected chi connectivity index (χ4v) is 2.78. The average molecular weight is 201 g/mol. The van der Waals surface area contributed by atoms with Crippen LogP contribution in [0.4, 0.5) is 0 Å². The molecule has 1 aliphatic rings. The number of likely N-dealkylation sites (tertiary alicyclic amines) is 1. The molecule has 0 amide bonds. The molecule has 0 aliphatic carbocycles. The van der Waals surface area contributed by atoms with E-state index < -0.39 is 6.23 Å². The summed E-state index contributed by atoms with van der Waals surface area (Å²) in [6, 6.07) is 0.216. The summed E-state index contributed by atoms with van der Waals surface area (Å²) in [6.07, 6.45) is 0.0219. The Morgan fingerprint density at radius 1 is 1.36 bits per heavy atom. The van der Waals surface area contributed by atoms with Gasteiger partial charge in [0, 0.05) is 11.6 Å². The highest BCUT2D eigenvalue weighted by atomic mass is 16.3. The molecule has 2 N–H and O–H groups in total. The number of hydrogen-bond acceptors (Lipinski definition) is 3. The van der Waals surface area contributed by atoms with Crippen LogP contribution in [0.15, 0.2) is 0 Å². The van der Waals surface area contributed by atoms with Crippen LogP contribution < -0.4 is 0 Å². The molecule has 14 heavy (non-hydrogen) atoms. The van der Waals surface area contributed by atoms with Gasteiger partial charge in [-0.25, -0.2) is 0 Å². The Bertz CT molecular complexity index is 203. The molecule has 1 aliphatic heterocycles. The van der Waals surface area contributed by atoms with Gasteiger partial charge in [0.05, 0.1) is 6.10 Å². The first-order valence-corrected chi connectivity index (χ1v) is 5.42. The number of aliphatic hydroxyl groups excluding tert-OH is 2. The second kappa shape index (κ2) is 3.80. The van der Waals surface area contributed by atoms with Crippen molar-refractivity contribution in [3.8, 4) is 0 Å². The van der Waals surface area contributed by atoms with Crippen molar-refractivity contribution in [1.29, 1.82) is 0 Å². The summed E-state index contributed by atoms with van der Waals surface area (Å²) in [5.41, 5.74) is -0.125. The van der Waals surface area contributed by atoms with Gasteiger partial charge >= 0.3 is 0 Å². The van der Waals surface area contributed by atoms with Crippen LogP contribution in [0.25, 0.3) is 0 Å². The molecule has 4 unspecified atom stereocenters. The predicted octanol–water partition coefficient (Wildman–Crippen LogP) is 1.19. The van der Waals surface area contributed by atoms with Crippen LogP contribution >= 0.6 is 0 Å². The zero-order valence-electron chi connectivity index (χ0n) is 9.86. The zero-order valence-corrected chi connectivity index (χ0v) is 9.86. The van der Waals surface area contributed by atoms with Crippen molar-refractivity contribution < 1.29 is 10.2 Å². The normalized spacial score (nSPS) is 40.9. The van der Waals surface area contributed by atoms with Gasteiger partial charge in [-0.1, -0.05) is 6.92 Å². The smallest absolute Gasteiger partial charge is 0.105 e. The Balaban J connectivity index is 2.90. The number of hydrogen-bond donors (Lipinski definition) is 2. The molecule has 1 fully saturated rings. The van der Waals surface area contributed by atoms with Gasteiger partial charge in [-0.05, 0) is 40.0 Å². The van der Waals surface area contributed by atoms with Crippen molar-refractivity contribution in [3.05, 3.63) is 0 Å². The van der Waals surface area contributed by atoms with Gasteiger partial charge in [0.25, 0.3) is 0 Å². The molecular formula is C11H23NO2. The topological polar surface area (TPSA) is 43.7 Å². The number of rotatable bonds is 1. The summed E-state index contributed by atoms with van der Waals surface area (Å²) in [7, 11) is 0. The average Bonchev–Trinajstić information content (AvgIpc) is 1.98. The van der Waals surface area contributed by atoms with Gasteiger partial charge in [0.15, 0.2) is 0 Å². The van der Waals surface area contributed by atoms with E-state index in [0.29, 0.717) is 0 Å². The third-order valence-electron chi connectivity index (χ3n) is 3.62. The predicted molar refractivity (Wildman–Crippen MR) is 56.8 cm³/mol. The van der Waals surface area contributed by atoms with Crippen molar-refractivity contribution in [2.24, 2.45) is 5.92 Å². The largest absolute Gasteiger partial charge is 0.393 e. The molecule has 0 aromatic rings. The maximum atomic E-state index is 9.87. The number of piperidine rings is 1. The molecule has 0 saturated carbocycles. The first kappa shape index (κ1) is 12.0. The van der Waals surface area contributed by atoms with Crippen LogP contribution in [0.3, 0.4) is 0 Å². The minimum Gasteiger partial charge on any atom is -0.393 e. The first-order chi connectivity index (χ1) is 6.27. The van der Waals surface area contributed by atoms with E-state index in [0.717, 1.165) is 6.42 Å². The lowest BCUT2D eigenvalue weighted by atomic mass is 9.78. The summed E-state index contributed by atoms with van der Waals surface area (Å²) in [5.74, 6) is 0.220. The maximum Gasteiger partial charge on any atom is 0.105 e. The Morgan fingerprint density at radius 3 is 2.29 bits per heavy atom. The highest BCUT2D eigenvalue weighted by molar-refractivity contribution is 4.96. The van der Waals surface area contributed by atoms with Crippen LogP contribution in [0.2, 0.25) is 0 Å². The Morgan fingerprint density at radius 2 is 1.86 bits per heavy atom. The molecule has 4 atom stereocenters. The summed E-state index contributed by atoms with van der Waals surface area (Å²) in [4.78, 5) is 2.09. The van der Waals surface area contributed by atoms with Crippen LogP contribution in [-0.4, -0.2) is 39.0 Å². The van der Waals surface area contributed by atoms with E-state index in [4.69, 9.17) is 0 Å². The van der Waals surface area contributed by atoms with Gasteiger partial charge in [0.2, 0.25) is 0 Å². The highest BCUT2D eigenvalue weighted by Crippen LogP contribution is 2.36. The van der Waals surface area contributed by atoms with Crippen LogP contribution in [-0.2, 0) is 0 Å². The molecule has 3 nitrogen and oxygen atoms in total. The molecule has 0 bridgehead atoms. The molecule has 0 aromatic carbocycles. The fourth-order valence-electron chi connectivity index (χ4n) is 2.78. The molecule has 1 rings (SSSR count). The quantitative estimate of drug-likeness (QED) is 0.670. The van der Waals surface area contributed by atoms with Crippen molar-refractivity contribution in [1.82, 2.24) is 4.90 Å². The first-order valence-electron chi connectivity index (χ1n) is 5.42. The van der Waals surface area contributed by atoms with Gasteiger partial charge < -0.3 is 10.2 Å². The van der Waals surface area contributed by atoms with Crippen molar-refractivity contribution in [3.63, 3.8) is 0 Å².